The molecule has 0 aliphatic carbocycles. The summed E-state index contributed by atoms with van der Waals surface area (Å²) < 4.78 is 5.39. The molecule has 0 heterocycles. The summed E-state index contributed by atoms with van der Waals surface area (Å²) in [4.78, 5) is 11.1. The van der Waals surface area contributed by atoms with Gasteiger partial charge in [0.15, 0.2) is 6.10 Å². The van der Waals surface area contributed by atoms with Gasteiger partial charge in [-0.3, -0.25) is 0 Å². The third-order valence-electron chi connectivity index (χ3n) is 2.75. The van der Waals surface area contributed by atoms with E-state index in [9.17, 15) is 4.79 Å². The highest BCUT2D eigenvalue weighted by Crippen LogP contribution is 2.11. The van der Waals surface area contributed by atoms with Gasteiger partial charge in [-0.2, -0.15) is 0 Å². The van der Waals surface area contributed by atoms with Gasteiger partial charge in [0.25, 0.3) is 0 Å². The van der Waals surface area contributed by atoms with Gasteiger partial charge in [-0.15, -0.1) is 0 Å². The monoisotopic (exact) mass is 265 g/mol. The van der Waals surface area contributed by atoms with Crippen LogP contribution in [-0.2, 0) is 16.0 Å². The summed E-state index contributed by atoms with van der Waals surface area (Å²) in [5.41, 5.74) is 7.59. The highest BCUT2D eigenvalue weighted by atomic mass is 16.5. The van der Waals surface area contributed by atoms with Crippen molar-refractivity contribution in [3.05, 3.63) is 35.4 Å². The van der Waals surface area contributed by atoms with E-state index in [1.165, 1.54) is 5.56 Å². The Morgan fingerprint density at radius 1 is 1.37 bits per heavy atom. The van der Waals surface area contributed by atoms with Gasteiger partial charge in [-0.25, -0.2) is 4.79 Å². The van der Waals surface area contributed by atoms with Crippen LogP contribution in [-0.4, -0.2) is 29.3 Å². The first-order valence-electron chi connectivity index (χ1n) is 6.47. The Morgan fingerprint density at radius 3 is 2.42 bits per heavy atom. The van der Waals surface area contributed by atoms with Crippen LogP contribution in [0.25, 0.3) is 0 Å². The number of rotatable bonds is 7. The molecule has 1 atom stereocenters. The summed E-state index contributed by atoms with van der Waals surface area (Å²) in [6, 6.07) is 8.08. The third-order valence-corrected chi connectivity index (χ3v) is 2.75. The Kier molecular flexibility index (Phi) is 5.51. The summed E-state index contributed by atoms with van der Waals surface area (Å²) in [5.74, 6) is -0.934. The van der Waals surface area contributed by atoms with Gasteiger partial charge in [-0.1, -0.05) is 29.8 Å². The SMILES string of the molecule is Cc1ccc(CCC(OCC(C)(C)N)C(=O)O)cc1. The number of carboxylic acids is 1. The summed E-state index contributed by atoms with van der Waals surface area (Å²) in [6.45, 7) is 5.88. The number of carbonyl (C=O) groups is 1. The van der Waals surface area contributed by atoms with E-state index >= 15 is 0 Å². The number of nitrogens with two attached hydrogens (primary N) is 1. The number of benzene rings is 1. The normalized spacial score (nSPS) is 13.3. The summed E-state index contributed by atoms with van der Waals surface area (Å²) >= 11 is 0. The maximum Gasteiger partial charge on any atom is 0.332 e. The molecule has 0 aromatic heterocycles. The minimum atomic E-state index is -0.934. The van der Waals surface area contributed by atoms with Gasteiger partial charge >= 0.3 is 5.97 Å². The van der Waals surface area contributed by atoms with Crippen LogP contribution in [0.15, 0.2) is 24.3 Å². The zero-order valence-electron chi connectivity index (χ0n) is 11.8. The van der Waals surface area contributed by atoms with E-state index in [1.54, 1.807) is 0 Å². The minimum absolute atomic E-state index is 0.234. The smallest absolute Gasteiger partial charge is 0.332 e. The third kappa shape index (κ3) is 6.36. The Balaban J connectivity index is 2.50. The summed E-state index contributed by atoms with van der Waals surface area (Å²) in [7, 11) is 0. The summed E-state index contributed by atoms with van der Waals surface area (Å²) in [5, 5.41) is 9.13. The highest BCUT2D eigenvalue weighted by Gasteiger charge is 2.21. The van der Waals surface area contributed by atoms with E-state index in [2.05, 4.69) is 0 Å². The first-order chi connectivity index (χ1) is 8.78. The second-order valence-corrected chi connectivity index (χ2v) is 5.65. The van der Waals surface area contributed by atoms with Crippen molar-refractivity contribution in [1.82, 2.24) is 0 Å². The molecule has 1 aromatic rings. The van der Waals surface area contributed by atoms with E-state index < -0.39 is 17.6 Å². The van der Waals surface area contributed by atoms with Gasteiger partial charge in [0.2, 0.25) is 0 Å². The van der Waals surface area contributed by atoms with E-state index in [4.69, 9.17) is 15.6 Å². The molecule has 4 nitrogen and oxygen atoms in total. The first-order valence-corrected chi connectivity index (χ1v) is 6.47. The maximum atomic E-state index is 11.1. The Labute approximate surface area is 114 Å². The first kappa shape index (κ1) is 15.7. The number of aryl methyl sites for hydroxylation is 2. The molecule has 106 valence electrons. The van der Waals surface area contributed by atoms with E-state index in [1.807, 2.05) is 45.0 Å². The van der Waals surface area contributed by atoms with Crippen molar-refractivity contribution in [2.45, 2.75) is 45.3 Å². The molecule has 0 aliphatic rings. The van der Waals surface area contributed by atoms with Crippen LogP contribution >= 0.6 is 0 Å². The van der Waals surface area contributed by atoms with Crippen molar-refractivity contribution in [3.63, 3.8) is 0 Å². The van der Waals surface area contributed by atoms with Crippen molar-refractivity contribution in [2.24, 2.45) is 5.73 Å². The maximum absolute atomic E-state index is 11.1. The largest absolute Gasteiger partial charge is 0.479 e. The van der Waals surface area contributed by atoms with Gasteiger partial charge in [0.1, 0.15) is 0 Å². The average molecular weight is 265 g/mol. The molecule has 0 bridgehead atoms. The van der Waals surface area contributed by atoms with Gasteiger partial charge in [0.05, 0.1) is 6.61 Å². The molecule has 0 saturated carbocycles. The summed E-state index contributed by atoms with van der Waals surface area (Å²) in [6.07, 6.45) is 0.334. The molecule has 0 fully saturated rings. The molecule has 0 saturated heterocycles. The fraction of sp³-hybridized carbons (Fsp3) is 0.533. The van der Waals surface area contributed by atoms with Crippen LogP contribution in [0.4, 0.5) is 0 Å². The van der Waals surface area contributed by atoms with Crippen molar-refractivity contribution < 1.29 is 14.6 Å². The lowest BCUT2D eigenvalue weighted by molar-refractivity contribution is -0.151. The Hall–Kier alpha value is -1.39. The van der Waals surface area contributed by atoms with Crippen molar-refractivity contribution in [2.75, 3.05) is 6.61 Å². The van der Waals surface area contributed by atoms with Crippen molar-refractivity contribution in [3.8, 4) is 0 Å². The molecule has 0 radical (unpaired) electrons. The van der Waals surface area contributed by atoms with Crippen LogP contribution in [0.1, 0.15) is 31.4 Å². The molecule has 0 spiro atoms. The van der Waals surface area contributed by atoms with Crippen LogP contribution in [0.3, 0.4) is 0 Å². The van der Waals surface area contributed by atoms with E-state index in [-0.39, 0.29) is 6.61 Å². The molecule has 4 heteroatoms. The highest BCUT2D eigenvalue weighted by molar-refractivity contribution is 5.72. The average Bonchev–Trinajstić information content (AvgIpc) is 2.29. The lowest BCUT2D eigenvalue weighted by Gasteiger charge is -2.22. The zero-order chi connectivity index (χ0) is 14.5. The van der Waals surface area contributed by atoms with Crippen molar-refractivity contribution >= 4 is 5.97 Å². The molecular weight excluding hydrogens is 242 g/mol. The van der Waals surface area contributed by atoms with Gasteiger partial charge in [-0.05, 0) is 39.2 Å². The molecule has 3 N–H and O–H groups in total. The topological polar surface area (TPSA) is 72.5 Å². The van der Waals surface area contributed by atoms with Gasteiger partial charge in [0, 0.05) is 5.54 Å². The molecular formula is C15H23NO3. The standard InChI is InChI=1S/C15H23NO3/c1-11-4-6-12(7-5-11)8-9-13(14(17)18)19-10-15(2,3)16/h4-7,13H,8-10,16H2,1-3H3,(H,17,18). The Bertz CT molecular complexity index is 406. The quantitative estimate of drug-likeness (QED) is 0.792. The lowest BCUT2D eigenvalue weighted by Crippen LogP contribution is -2.40. The molecule has 0 amide bonds. The zero-order valence-corrected chi connectivity index (χ0v) is 11.8. The van der Waals surface area contributed by atoms with Gasteiger partial charge < -0.3 is 15.6 Å². The molecule has 1 unspecified atom stereocenters. The van der Waals surface area contributed by atoms with E-state index in [0.717, 1.165) is 5.56 Å². The number of carboxylic acid groups (broad SMARTS) is 1. The van der Waals surface area contributed by atoms with Crippen LogP contribution in [0, 0.1) is 6.92 Å². The number of hydrogen-bond donors (Lipinski definition) is 2. The predicted octanol–water partition coefficient (Wildman–Crippen LogP) is 2.13. The fourth-order valence-corrected chi connectivity index (χ4v) is 1.65. The molecule has 19 heavy (non-hydrogen) atoms. The van der Waals surface area contributed by atoms with E-state index in [0.29, 0.717) is 12.8 Å². The van der Waals surface area contributed by atoms with Crippen LogP contribution in [0.5, 0.6) is 0 Å². The number of hydrogen-bond acceptors (Lipinski definition) is 3. The lowest BCUT2D eigenvalue weighted by atomic mass is 10.0. The molecule has 0 aliphatic heterocycles. The molecule has 1 aromatic carbocycles. The minimum Gasteiger partial charge on any atom is -0.479 e. The van der Waals surface area contributed by atoms with Crippen LogP contribution < -0.4 is 5.73 Å². The fourth-order valence-electron chi connectivity index (χ4n) is 1.65. The van der Waals surface area contributed by atoms with Crippen molar-refractivity contribution in [1.29, 1.82) is 0 Å². The second-order valence-electron chi connectivity index (χ2n) is 5.65. The predicted molar refractivity (Wildman–Crippen MR) is 75.1 cm³/mol. The molecule has 1 rings (SSSR count). The number of ether oxygens (including phenoxy) is 1. The second kappa shape index (κ2) is 6.68. The number of aliphatic carboxylic acids is 1. The Morgan fingerprint density at radius 2 is 1.95 bits per heavy atom. The van der Waals surface area contributed by atoms with Crippen LogP contribution in [0.2, 0.25) is 0 Å².